The Hall–Kier alpha value is 0.0969. The lowest BCUT2D eigenvalue weighted by Crippen LogP contribution is -2.45. The van der Waals surface area contributed by atoms with Crippen molar-refractivity contribution in [1.29, 1.82) is 0 Å². The van der Waals surface area contributed by atoms with Gasteiger partial charge in [-0.1, -0.05) is 0 Å². The molecule has 0 aromatic carbocycles. The number of hydrogen-bond donors (Lipinski definition) is 0. The third-order valence-electron chi connectivity index (χ3n) is 2.29. The number of hydrogen-bond acceptors (Lipinski definition) is 3. The minimum absolute atomic E-state index is 0.280. The fourth-order valence-electron chi connectivity index (χ4n) is 1.45. The Morgan fingerprint density at radius 1 is 1.46 bits per heavy atom. The van der Waals surface area contributed by atoms with Gasteiger partial charge in [0.05, 0.1) is 19.3 Å². The summed E-state index contributed by atoms with van der Waals surface area (Å²) in [5.41, 5.74) is 0. The lowest BCUT2D eigenvalue weighted by Gasteiger charge is -2.35. The molecule has 0 aromatic heterocycles. The molecule has 0 amide bonds. The monoisotopic (exact) mass is 204 g/mol. The Kier molecular flexibility index (Phi) is 3.91. The first kappa shape index (κ1) is 11.2. The molecule has 0 radical (unpaired) electrons. The van der Waals surface area contributed by atoms with Crippen LogP contribution in [0.15, 0.2) is 0 Å². The second-order valence-electron chi connectivity index (χ2n) is 3.95. The fourth-order valence-corrected chi connectivity index (χ4v) is 3.30. The van der Waals surface area contributed by atoms with E-state index >= 15 is 0 Å². The molecular formula is C9H20O3Si. The summed E-state index contributed by atoms with van der Waals surface area (Å²) in [6, 6.07) is 0. The van der Waals surface area contributed by atoms with Gasteiger partial charge in [0.25, 0.3) is 0 Å². The second kappa shape index (κ2) is 4.55. The first-order chi connectivity index (χ1) is 6.05. The quantitative estimate of drug-likeness (QED) is 0.639. The Bertz CT molecular complexity index is 157. The average Bonchev–Trinajstić information content (AvgIpc) is 1.79. The largest absolute Gasteiger partial charge is 0.395 e. The van der Waals surface area contributed by atoms with Crippen molar-refractivity contribution in [2.45, 2.75) is 33.0 Å². The zero-order valence-electron chi connectivity index (χ0n) is 9.00. The van der Waals surface area contributed by atoms with Gasteiger partial charge in [-0.05, 0) is 26.9 Å². The van der Waals surface area contributed by atoms with E-state index in [1.54, 1.807) is 0 Å². The molecule has 13 heavy (non-hydrogen) atoms. The van der Waals surface area contributed by atoms with Crippen LogP contribution < -0.4 is 0 Å². The molecule has 1 aliphatic heterocycles. The van der Waals surface area contributed by atoms with Gasteiger partial charge < -0.3 is 13.6 Å². The lowest BCUT2D eigenvalue weighted by molar-refractivity contribution is -0.0849. The molecule has 1 unspecified atom stereocenters. The van der Waals surface area contributed by atoms with Gasteiger partial charge in [0.1, 0.15) is 0 Å². The molecule has 1 saturated heterocycles. The molecule has 1 heterocycles. The molecular weight excluding hydrogens is 184 g/mol. The summed E-state index contributed by atoms with van der Waals surface area (Å²) in [7, 11) is -1.87. The normalized spacial score (nSPS) is 21.2. The maximum Gasteiger partial charge on any atom is 0.331 e. The highest BCUT2D eigenvalue weighted by atomic mass is 28.4. The van der Waals surface area contributed by atoms with Crippen LogP contribution in [0.3, 0.4) is 0 Å². The van der Waals surface area contributed by atoms with Crippen LogP contribution in [-0.2, 0) is 13.6 Å². The van der Waals surface area contributed by atoms with Gasteiger partial charge in [-0.25, -0.2) is 0 Å². The molecule has 1 rings (SSSR count). The summed E-state index contributed by atoms with van der Waals surface area (Å²) in [6.07, 6.45) is 0.280. The van der Waals surface area contributed by atoms with Gasteiger partial charge in [-0.3, -0.25) is 0 Å². The highest BCUT2D eigenvalue weighted by molar-refractivity contribution is 6.64. The SMILES string of the molecule is CCO[Si](C)(C)OC(C)C1COC1. The summed E-state index contributed by atoms with van der Waals surface area (Å²) in [5, 5.41) is 0. The molecule has 0 spiro atoms. The topological polar surface area (TPSA) is 27.7 Å². The van der Waals surface area contributed by atoms with E-state index in [1.165, 1.54) is 0 Å². The van der Waals surface area contributed by atoms with E-state index in [-0.39, 0.29) is 6.10 Å². The van der Waals surface area contributed by atoms with Crippen LogP contribution in [-0.4, -0.2) is 34.5 Å². The molecule has 0 aromatic rings. The van der Waals surface area contributed by atoms with Crippen molar-refractivity contribution in [2.24, 2.45) is 5.92 Å². The summed E-state index contributed by atoms with van der Waals surface area (Å²) >= 11 is 0. The van der Waals surface area contributed by atoms with Crippen molar-refractivity contribution < 1.29 is 13.6 Å². The maximum atomic E-state index is 5.92. The third kappa shape index (κ3) is 3.38. The van der Waals surface area contributed by atoms with E-state index in [9.17, 15) is 0 Å². The van der Waals surface area contributed by atoms with Gasteiger partial charge in [-0.2, -0.15) is 0 Å². The molecule has 3 nitrogen and oxygen atoms in total. The van der Waals surface area contributed by atoms with Crippen molar-refractivity contribution in [3.8, 4) is 0 Å². The van der Waals surface area contributed by atoms with Crippen LogP contribution in [0, 0.1) is 5.92 Å². The van der Waals surface area contributed by atoms with Crippen molar-refractivity contribution >= 4 is 8.56 Å². The summed E-state index contributed by atoms with van der Waals surface area (Å²) in [5.74, 6) is 0.576. The lowest BCUT2D eigenvalue weighted by atomic mass is 10.0. The molecule has 1 fully saturated rings. The van der Waals surface area contributed by atoms with Crippen molar-refractivity contribution in [1.82, 2.24) is 0 Å². The molecule has 1 atom stereocenters. The zero-order valence-corrected chi connectivity index (χ0v) is 10.0. The number of ether oxygens (including phenoxy) is 1. The summed E-state index contributed by atoms with van der Waals surface area (Å²) in [4.78, 5) is 0. The third-order valence-corrected chi connectivity index (χ3v) is 4.21. The first-order valence-corrected chi connectivity index (χ1v) is 7.76. The maximum absolute atomic E-state index is 5.92. The van der Waals surface area contributed by atoms with E-state index in [2.05, 4.69) is 20.0 Å². The van der Waals surface area contributed by atoms with Gasteiger partial charge in [0, 0.05) is 12.5 Å². The number of rotatable bonds is 5. The smallest absolute Gasteiger partial charge is 0.331 e. The van der Waals surface area contributed by atoms with Crippen LogP contribution in [0.1, 0.15) is 13.8 Å². The van der Waals surface area contributed by atoms with E-state index < -0.39 is 8.56 Å². The standard InChI is InChI=1S/C9H20O3Si/c1-5-11-13(3,4)12-8(2)9-6-10-7-9/h8-9H,5-7H2,1-4H3. The van der Waals surface area contributed by atoms with Crippen molar-refractivity contribution in [3.63, 3.8) is 0 Å². The van der Waals surface area contributed by atoms with Crippen LogP contribution in [0.2, 0.25) is 13.1 Å². The van der Waals surface area contributed by atoms with Crippen LogP contribution in [0.4, 0.5) is 0 Å². The van der Waals surface area contributed by atoms with Gasteiger partial charge in [0.15, 0.2) is 0 Å². The van der Waals surface area contributed by atoms with E-state index in [0.29, 0.717) is 5.92 Å². The Labute approximate surface area is 81.6 Å². The van der Waals surface area contributed by atoms with Crippen LogP contribution >= 0.6 is 0 Å². The molecule has 1 aliphatic rings. The second-order valence-corrected chi connectivity index (χ2v) is 7.28. The Morgan fingerprint density at radius 3 is 2.46 bits per heavy atom. The minimum atomic E-state index is -1.87. The molecule has 0 saturated carbocycles. The Balaban J connectivity index is 2.28. The highest BCUT2D eigenvalue weighted by Crippen LogP contribution is 2.21. The average molecular weight is 204 g/mol. The first-order valence-electron chi connectivity index (χ1n) is 4.94. The summed E-state index contributed by atoms with van der Waals surface area (Å²) in [6.45, 7) is 10.7. The highest BCUT2D eigenvalue weighted by Gasteiger charge is 2.33. The van der Waals surface area contributed by atoms with Crippen LogP contribution in [0.25, 0.3) is 0 Å². The predicted molar refractivity (Wildman–Crippen MR) is 54.0 cm³/mol. The molecule has 0 N–H and O–H groups in total. The molecule has 4 heteroatoms. The minimum Gasteiger partial charge on any atom is -0.395 e. The fraction of sp³-hybridized carbons (Fsp3) is 1.00. The van der Waals surface area contributed by atoms with E-state index in [0.717, 1.165) is 19.8 Å². The van der Waals surface area contributed by atoms with E-state index in [4.69, 9.17) is 13.6 Å². The van der Waals surface area contributed by atoms with E-state index in [1.807, 2.05) is 6.92 Å². The van der Waals surface area contributed by atoms with Gasteiger partial charge in [-0.15, -0.1) is 0 Å². The zero-order chi connectivity index (χ0) is 9.90. The van der Waals surface area contributed by atoms with Crippen LogP contribution in [0.5, 0.6) is 0 Å². The molecule has 0 bridgehead atoms. The van der Waals surface area contributed by atoms with Gasteiger partial charge in [0.2, 0.25) is 0 Å². The van der Waals surface area contributed by atoms with Crippen molar-refractivity contribution in [2.75, 3.05) is 19.8 Å². The molecule has 0 aliphatic carbocycles. The Morgan fingerprint density at radius 2 is 2.08 bits per heavy atom. The van der Waals surface area contributed by atoms with Gasteiger partial charge >= 0.3 is 8.56 Å². The molecule has 78 valence electrons. The predicted octanol–water partition coefficient (Wildman–Crippen LogP) is 1.78. The summed E-state index contributed by atoms with van der Waals surface area (Å²) < 4.78 is 16.6. The van der Waals surface area contributed by atoms with Crippen molar-refractivity contribution in [3.05, 3.63) is 0 Å².